The van der Waals surface area contributed by atoms with Crippen LogP contribution in [0.2, 0.25) is 0 Å². The van der Waals surface area contributed by atoms with Crippen molar-refractivity contribution < 1.29 is 4.79 Å². The van der Waals surface area contributed by atoms with Gasteiger partial charge in [0.2, 0.25) is 0 Å². The summed E-state index contributed by atoms with van der Waals surface area (Å²) in [5, 5.41) is 4.84. The lowest BCUT2D eigenvalue weighted by atomic mass is 10.2. The van der Waals surface area contributed by atoms with E-state index in [4.69, 9.17) is 4.98 Å². The Morgan fingerprint density at radius 1 is 1.25 bits per heavy atom. The first kappa shape index (κ1) is 16.6. The molecule has 0 radical (unpaired) electrons. The molecule has 0 atom stereocenters. The van der Waals surface area contributed by atoms with Crippen molar-refractivity contribution in [1.29, 1.82) is 0 Å². The van der Waals surface area contributed by atoms with E-state index in [-0.39, 0.29) is 5.91 Å². The summed E-state index contributed by atoms with van der Waals surface area (Å²) in [6, 6.07) is 7.84. The predicted molar refractivity (Wildman–Crippen MR) is 97.8 cm³/mol. The minimum absolute atomic E-state index is 0.0754. The van der Waals surface area contributed by atoms with Gasteiger partial charge in [0, 0.05) is 26.3 Å². The van der Waals surface area contributed by atoms with Crippen LogP contribution in [0.15, 0.2) is 30.5 Å². The zero-order chi connectivity index (χ0) is 17.3. The molecule has 0 unspecified atom stereocenters. The van der Waals surface area contributed by atoms with Crippen LogP contribution >= 0.6 is 11.3 Å². The van der Waals surface area contributed by atoms with Crippen molar-refractivity contribution in [3.8, 4) is 0 Å². The number of carbonyl (C=O) groups excluding carboxylic acids is 1. The number of aromatic nitrogens is 3. The average molecular weight is 343 g/mol. The lowest BCUT2D eigenvalue weighted by Gasteiger charge is -2.21. The number of hydrogen-bond donors (Lipinski definition) is 0. The molecule has 1 aromatic carbocycles. The van der Waals surface area contributed by atoms with Gasteiger partial charge in [0.15, 0.2) is 5.13 Å². The molecule has 2 heterocycles. The van der Waals surface area contributed by atoms with Crippen LogP contribution in [0.5, 0.6) is 0 Å². The second-order valence-corrected chi connectivity index (χ2v) is 7.03. The molecule has 0 aliphatic rings. The number of hydrogen-bond acceptors (Lipinski definition) is 5. The van der Waals surface area contributed by atoms with Crippen LogP contribution in [-0.4, -0.2) is 52.8 Å². The Morgan fingerprint density at radius 3 is 2.67 bits per heavy atom. The Hall–Kier alpha value is -2.25. The molecule has 2 aromatic heterocycles. The Labute approximate surface area is 145 Å². The quantitative estimate of drug-likeness (QED) is 0.714. The number of benzene rings is 1. The monoisotopic (exact) mass is 343 g/mol. The van der Waals surface area contributed by atoms with Crippen molar-refractivity contribution >= 4 is 32.6 Å². The number of rotatable bonds is 5. The average Bonchev–Trinajstić information content (AvgIpc) is 3.14. The minimum Gasteiger partial charge on any atom is -0.308 e. The second kappa shape index (κ2) is 6.70. The maximum Gasteiger partial charge on any atom is 0.278 e. The fourth-order valence-electron chi connectivity index (χ4n) is 2.50. The van der Waals surface area contributed by atoms with Crippen LogP contribution < -0.4 is 4.90 Å². The summed E-state index contributed by atoms with van der Waals surface area (Å²) in [6.45, 7) is 3.38. The highest BCUT2D eigenvalue weighted by Gasteiger charge is 2.23. The van der Waals surface area contributed by atoms with Gasteiger partial charge in [-0.1, -0.05) is 23.5 Å². The number of aryl methyl sites for hydroxylation is 2. The number of fused-ring (bicyclic) bond motifs is 1. The van der Waals surface area contributed by atoms with Crippen molar-refractivity contribution in [1.82, 2.24) is 19.7 Å². The first-order chi connectivity index (χ1) is 11.5. The Balaban J connectivity index is 2.01. The zero-order valence-corrected chi connectivity index (χ0v) is 15.2. The zero-order valence-electron chi connectivity index (χ0n) is 14.4. The third-order valence-corrected chi connectivity index (χ3v) is 4.94. The molecule has 0 N–H and O–H groups in total. The fourth-order valence-corrected chi connectivity index (χ4v) is 3.56. The molecule has 24 heavy (non-hydrogen) atoms. The van der Waals surface area contributed by atoms with Crippen LogP contribution in [0.4, 0.5) is 5.13 Å². The summed E-state index contributed by atoms with van der Waals surface area (Å²) in [4.78, 5) is 21.6. The molecule has 7 heteroatoms. The van der Waals surface area contributed by atoms with Gasteiger partial charge in [-0.2, -0.15) is 5.10 Å². The third-order valence-electron chi connectivity index (χ3n) is 3.90. The number of carbonyl (C=O) groups is 1. The van der Waals surface area contributed by atoms with Gasteiger partial charge < -0.3 is 4.90 Å². The second-order valence-electron chi connectivity index (χ2n) is 6.02. The third kappa shape index (κ3) is 3.18. The molecule has 0 aliphatic carbocycles. The summed E-state index contributed by atoms with van der Waals surface area (Å²) >= 11 is 1.55. The molecule has 0 fully saturated rings. The van der Waals surface area contributed by atoms with Crippen LogP contribution in [0.3, 0.4) is 0 Å². The number of thiazole rings is 1. The molecular weight excluding hydrogens is 322 g/mol. The molecule has 0 spiro atoms. The first-order valence-electron chi connectivity index (χ1n) is 7.78. The molecule has 3 rings (SSSR count). The molecular formula is C17H21N5OS. The Kier molecular flexibility index (Phi) is 4.64. The summed E-state index contributed by atoms with van der Waals surface area (Å²) in [5.41, 5.74) is 2.64. The van der Waals surface area contributed by atoms with E-state index in [9.17, 15) is 4.79 Å². The first-order valence-corrected chi connectivity index (χ1v) is 8.60. The van der Waals surface area contributed by atoms with Gasteiger partial charge in [-0.05, 0) is 38.7 Å². The van der Waals surface area contributed by atoms with Gasteiger partial charge in [0.25, 0.3) is 5.91 Å². The van der Waals surface area contributed by atoms with Crippen LogP contribution in [-0.2, 0) is 7.05 Å². The van der Waals surface area contributed by atoms with E-state index in [1.165, 1.54) is 0 Å². The Bertz CT molecular complexity index is 867. The van der Waals surface area contributed by atoms with E-state index in [2.05, 4.69) is 10.00 Å². The molecule has 6 nitrogen and oxygen atoms in total. The normalized spacial score (nSPS) is 11.4. The van der Waals surface area contributed by atoms with Gasteiger partial charge in [-0.15, -0.1) is 0 Å². The van der Waals surface area contributed by atoms with E-state index >= 15 is 0 Å². The number of amides is 1. The van der Waals surface area contributed by atoms with E-state index in [1.807, 2.05) is 39.2 Å². The van der Waals surface area contributed by atoms with E-state index in [0.29, 0.717) is 12.2 Å². The van der Waals surface area contributed by atoms with Crippen molar-refractivity contribution in [2.45, 2.75) is 6.92 Å². The minimum atomic E-state index is -0.0754. The molecule has 0 aliphatic heterocycles. The predicted octanol–water partition coefficient (Wildman–Crippen LogP) is 2.55. The lowest BCUT2D eigenvalue weighted by Crippen LogP contribution is -2.37. The number of nitrogens with zero attached hydrogens (tertiary/aromatic N) is 5. The highest BCUT2D eigenvalue weighted by Crippen LogP contribution is 2.31. The standard InChI is InChI=1S/C17H21N5OS/c1-12-6-5-7-14-15(12)19-17(24-14)22(11-10-20(2)3)16(23)13-8-9-18-21(13)4/h5-9H,10-11H2,1-4H3. The summed E-state index contributed by atoms with van der Waals surface area (Å²) in [7, 11) is 5.77. The van der Waals surface area contributed by atoms with Crippen molar-refractivity contribution in [2.24, 2.45) is 7.05 Å². The van der Waals surface area contributed by atoms with Gasteiger partial charge in [-0.25, -0.2) is 4.98 Å². The summed E-state index contributed by atoms with van der Waals surface area (Å²) < 4.78 is 2.70. The van der Waals surface area contributed by atoms with Crippen LogP contribution in [0.25, 0.3) is 10.2 Å². The van der Waals surface area contributed by atoms with Crippen molar-refractivity contribution in [2.75, 3.05) is 32.1 Å². The molecule has 0 bridgehead atoms. The van der Waals surface area contributed by atoms with Crippen molar-refractivity contribution in [3.05, 3.63) is 41.7 Å². The highest BCUT2D eigenvalue weighted by atomic mass is 32.1. The van der Waals surface area contributed by atoms with Gasteiger partial charge in [0.05, 0.1) is 10.2 Å². The lowest BCUT2D eigenvalue weighted by molar-refractivity contribution is 0.0976. The van der Waals surface area contributed by atoms with E-state index in [1.54, 1.807) is 40.2 Å². The molecule has 1 amide bonds. The van der Waals surface area contributed by atoms with Gasteiger partial charge >= 0.3 is 0 Å². The smallest absolute Gasteiger partial charge is 0.278 e. The Morgan fingerprint density at radius 2 is 2.04 bits per heavy atom. The molecule has 0 saturated carbocycles. The maximum atomic E-state index is 13.0. The topological polar surface area (TPSA) is 54.3 Å². The van der Waals surface area contributed by atoms with Crippen molar-refractivity contribution in [3.63, 3.8) is 0 Å². The van der Waals surface area contributed by atoms with Crippen LogP contribution in [0.1, 0.15) is 16.1 Å². The van der Waals surface area contributed by atoms with Crippen LogP contribution in [0, 0.1) is 6.92 Å². The molecule has 0 saturated heterocycles. The summed E-state index contributed by atoms with van der Waals surface area (Å²) in [6.07, 6.45) is 1.64. The number of para-hydroxylation sites is 1. The largest absolute Gasteiger partial charge is 0.308 e. The number of likely N-dealkylation sites (N-methyl/N-ethyl adjacent to an activating group) is 1. The number of anilines is 1. The van der Waals surface area contributed by atoms with E-state index in [0.717, 1.165) is 27.5 Å². The highest BCUT2D eigenvalue weighted by molar-refractivity contribution is 7.22. The fraction of sp³-hybridized carbons (Fsp3) is 0.353. The maximum absolute atomic E-state index is 13.0. The molecule has 126 valence electrons. The molecule has 3 aromatic rings. The van der Waals surface area contributed by atoms with Gasteiger partial charge in [-0.3, -0.25) is 14.4 Å². The van der Waals surface area contributed by atoms with Gasteiger partial charge in [0.1, 0.15) is 5.69 Å². The van der Waals surface area contributed by atoms with E-state index < -0.39 is 0 Å². The SMILES string of the molecule is Cc1cccc2sc(N(CCN(C)C)C(=O)c3ccnn3C)nc12. The summed E-state index contributed by atoms with van der Waals surface area (Å²) in [5.74, 6) is -0.0754.